The van der Waals surface area contributed by atoms with Crippen molar-refractivity contribution in [3.63, 3.8) is 0 Å². The molecule has 3 nitrogen and oxygen atoms in total. The molecule has 0 aromatic heterocycles. The molecule has 0 amide bonds. The van der Waals surface area contributed by atoms with Gasteiger partial charge in [0.2, 0.25) is 0 Å². The lowest BCUT2D eigenvalue weighted by atomic mass is 9.65. The van der Waals surface area contributed by atoms with E-state index < -0.39 is 0 Å². The fourth-order valence-corrected chi connectivity index (χ4v) is 3.30. The quantitative estimate of drug-likeness (QED) is 0.921. The standard InChI is InChI=1S/C15H18ClNO2/c16-12-6-10-2-5-19-14(10)11(7-12)8-13(18)15(9-17)3-1-4-15/h6-7H,1-5,8-9,17H2. The Hall–Kier alpha value is -1.06. The van der Waals surface area contributed by atoms with Crippen molar-refractivity contribution in [3.05, 3.63) is 28.3 Å². The highest BCUT2D eigenvalue weighted by atomic mass is 35.5. The van der Waals surface area contributed by atoms with Crippen molar-refractivity contribution in [2.75, 3.05) is 13.2 Å². The van der Waals surface area contributed by atoms with Gasteiger partial charge in [0.05, 0.1) is 6.61 Å². The zero-order valence-electron chi connectivity index (χ0n) is 10.9. The Labute approximate surface area is 118 Å². The molecule has 0 atom stereocenters. The first-order valence-corrected chi connectivity index (χ1v) is 7.20. The maximum absolute atomic E-state index is 12.5. The molecule has 1 heterocycles. The van der Waals surface area contributed by atoms with Crippen LogP contribution in [-0.2, 0) is 17.6 Å². The molecule has 102 valence electrons. The van der Waals surface area contributed by atoms with Crippen LogP contribution in [0.1, 0.15) is 30.4 Å². The summed E-state index contributed by atoms with van der Waals surface area (Å²) in [6.45, 7) is 1.13. The molecule has 0 spiro atoms. The van der Waals surface area contributed by atoms with Crippen LogP contribution in [0.2, 0.25) is 5.02 Å². The average Bonchev–Trinajstić information content (AvgIpc) is 2.76. The summed E-state index contributed by atoms with van der Waals surface area (Å²) < 4.78 is 5.64. The normalized spacial score (nSPS) is 19.5. The number of hydrogen-bond acceptors (Lipinski definition) is 3. The molecule has 1 aromatic carbocycles. The third-order valence-electron chi connectivity index (χ3n) is 4.47. The molecule has 2 N–H and O–H groups in total. The van der Waals surface area contributed by atoms with Crippen LogP contribution >= 0.6 is 11.6 Å². The molecule has 1 aromatic rings. The predicted molar refractivity (Wildman–Crippen MR) is 74.7 cm³/mol. The van der Waals surface area contributed by atoms with Gasteiger partial charge in [0.15, 0.2) is 0 Å². The van der Waals surface area contributed by atoms with Gasteiger partial charge in [-0.3, -0.25) is 4.79 Å². The summed E-state index contributed by atoms with van der Waals surface area (Å²) in [6.07, 6.45) is 4.21. The molecule has 0 saturated heterocycles. The molecule has 3 rings (SSSR count). The minimum atomic E-state index is -0.284. The first-order chi connectivity index (χ1) is 9.14. The van der Waals surface area contributed by atoms with Crippen molar-refractivity contribution in [1.29, 1.82) is 0 Å². The lowest BCUT2D eigenvalue weighted by Gasteiger charge is -2.39. The van der Waals surface area contributed by atoms with Gasteiger partial charge >= 0.3 is 0 Å². The van der Waals surface area contributed by atoms with Gasteiger partial charge in [-0.05, 0) is 30.5 Å². The largest absolute Gasteiger partial charge is 0.493 e. The SMILES string of the molecule is NCC1(C(=O)Cc2cc(Cl)cc3c2OCC3)CCC1. The Bertz CT molecular complexity index is 518. The first-order valence-electron chi connectivity index (χ1n) is 6.82. The Morgan fingerprint density at radius 3 is 2.84 bits per heavy atom. The lowest BCUT2D eigenvalue weighted by molar-refractivity contribution is -0.132. The average molecular weight is 280 g/mol. The number of carbonyl (C=O) groups excluding carboxylic acids is 1. The molecule has 1 saturated carbocycles. The fourth-order valence-electron chi connectivity index (χ4n) is 3.04. The van der Waals surface area contributed by atoms with Crippen molar-refractivity contribution < 1.29 is 9.53 Å². The molecule has 0 unspecified atom stereocenters. The molecule has 0 bridgehead atoms. The zero-order chi connectivity index (χ0) is 13.5. The molecule has 0 radical (unpaired) electrons. The highest BCUT2D eigenvalue weighted by Crippen LogP contribution is 2.42. The van der Waals surface area contributed by atoms with E-state index in [9.17, 15) is 4.79 Å². The number of ether oxygens (including phenoxy) is 1. The van der Waals surface area contributed by atoms with Gasteiger partial charge in [-0.2, -0.15) is 0 Å². The minimum Gasteiger partial charge on any atom is -0.493 e. The maximum Gasteiger partial charge on any atom is 0.144 e. The molecule has 19 heavy (non-hydrogen) atoms. The minimum absolute atomic E-state index is 0.237. The number of halogens is 1. The van der Waals surface area contributed by atoms with Crippen molar-refractivity contribution >= 4 is 17.4 Å². The molecular weight excluding hydrogens is 262 g/mol. The van der Waals surface area contributed by atoms with E-state index in [0.29, 0.717) is 24.6 Å². The summed E-state index contributed by atoms with van der Waals surface area (Å²) in [5, 5.41) is 0.683. The van der Waals surface area contributed by atoms with Gasteiger partial charge in [0, 0.05) is 35.4 Å². The molecule has 1 fully saturated rings. The van der Waals surface area contributed by atoms with E-state index >= 15 is 0 Å². The number of carbonyl (C=O) groups is 1. The van der Waals surface area contributed by atoms with Crippen LogP contribution < -0.4 is 10.5 Å². The molecule has 4 heteroatoms. The molecular formula is C15H18ClNO2. The van der Waals surface area contributed by atoms with Crippen molar-refractivity contribution in [2.24, 2.45) is 11.1 Å². The number of rotatable bonds is 4. The van der Waals surface area contributed by atoms with E-state index in [0.717, 1.165) is 42.6 Å². The second-order valence-electron chi connectivity index (χ2n) is 5.59. The van der Waals surface area contributed by atoms with Crippen LogP contribution in [0.4, 0.5) is 0 Å². The van der Waals surface area contributed by atoms with Crippen LogP contribution in [0.5, 0.6) is 5.75 Å². The topological polar surface area (TPSA) is 52.3 Å². The number of fused-ring (bicyclic) bond motifs is 1. The van der Waals surface area contributed by atoms with E-state index in [1.807, 2.05) is 12.1 Å². The predicted octanol–water partition coefficient (Wildman–Crippen LogP) is 2.52. The number of hydrogen-bond donors (Lipinski definition) is 1. The smallest absolute Gasteiger partial charge is 0.144 e. The van der Waals surface area contributed by atoms with Crippen molar-refractivity contribution in [2.45, 2.75) is 32.1 Å². The summed E-state index contributed by atoms with van der Waals surface area (Å²) in [5.74, 6) is 1.10. The van der Waals surface area contributed by atoms with Gasteiger partial charge in [-0.1, -0.05) is 18.0 Å². The van der Waals surface area contributed by atoms with E-state index in [2.05, 4.69) is 0 Å². The van der Waals surface area contributed by atoms with E-state index in [1.165, 1.54) is 0 Å². The van der Waals surface area contributed by atoms with Gasteiger partial charge in [0.25, 0.3) is 0 Å². The number of nitrogens with two attached hydrogens (primary N) is 1. The second kappa shape index (κ2) is 4.80. The number of ketones is 1. The Morgan fingerprint density at radius 1 is 1.42 bits per heavy atom. The third-order valence-corrected chi connectivity index (χ3v) is 4.69. The summed E-state index contributed by atoms with van der Waals surface area (Å²) >= 11 is 6.12. The van der Waals surface area contributed by atoms with Crippen LogP contribution in [0.3, 0.4) is 0 Å². The van der Waals surface area contributed by atoms with Crippen molar-refractivity contribution in [3.8, 4) is 5.75 Å². The van der Waals surface area contributed by atoms with E-state index in [4.69, 9.17) is 22.1 Å². The molecule has 2 aliphatic rings. The highest BCUT2D eigenvalue weighted by molar-refractivity contribution is 6.30. The maximum atomic E-state index is 12.5. The number of benzene rings is 1. The molecule has 1 aliphatic heterocycles. The third kappa shape index (κ3) is 2.15. The van der Waals surface area contributed by atoms with E-state index in [-0.39, 0.29) is 11.2 Å². The highest BCUT2D eigenvalue weighted by Gasteiger charge is 2.42. The summed E-state index contributed by atoms with van der Waals surface area (Å²) in [5.41, 5.74) is 7.54. The Morgan fingerprint density at radius 2 is 2.21 bits per heavy atom. The van der Waals surface area contributed by atoms with Gasteiger partial charge in [0.1, 0.15) is 11.5 Å². The lowest BCUT2D eigenvalue weighted by Crippen LogP contribution is -2.45. The van der Waals surface area contributed by atoms with Gasteiger partial charge < -0.3 is 10.5 Å². The first kappa shape index (κ1) is 12.9. The summed E-state index contributed by atoms with van der Waals surface area (Å²) in [7, 11) is 0. The Kier molecular flexibility index (Phi) is 3.27. The summed E-state index contributed by atoms with van der Waals surface area (Å²) in [4.78, 5) is 12.5. The zero-order valence-corrected chi connectivity index (χ0v) is 11.6. The number of Topliss-reactive ketones (excluding diaryl/α,β-unsaturated/α-hetero) is 1. The van der Waals surface area contributed by atoms with Crippen LogP contribution in [0.25, 0.3) is 0 Å². The van der Waals surface area contributed by atoms with Crippen LogP contribution in [-0.4, -0.2) is 18.9 Å². The van der Waals surface area contributed by atoms with Crippen LogP contribution in [0.15, 0.2) is 12.1 Å². The fraction of sp³-hybridized carbons (Fsp3) is 0.533. The molecule has 1 aliphatic carbocycles. The Balaban J connectivity index is 1.86. The van der Waals surface area contributed by atoms with Gasteiger partial charge in [-0.15, -0.1) is 0 Å². The monoisotopic (exact) mass is 279 g/mol. The van der Waals surface area contributed by atoms with E-state index in [1.54, 1.807) is 0 Å². The summed E-state index contributed by atoms with van der Waals surface area (Å²) in [6, 6.07) is 3.78. The second-order valence-corrected chi connectivity index (χ2v) is 6.03. The van der Waals surface area contributed by atoms with Gasteiger partial charge in [-0.25, -0.2) is 0 Å². The van der Waals surface area contributed by atoms with Crippen molar-refractivity contribution in [1.82, 2.24) is 0 Å². The van der Waals surface area contributed by atoms with Crippen LogP contribution in [0, 0.1) is 5.41 Å².